The van der Waals surface area contributed by atoms with Gasteiger partial charge in [0.05, 0.1) is 11.7 Å². The molecule has 4 nitrogen and oxygen atoms in total. The van der Waals surface area contributed by atoms with Crippen LogP contribution >= 0.6 is 0 Å². The number of para-hydroxylation sites is 1. The fraction of sp³-hybridized carbons (Fsp3) is 0.630. The van der Waals surface area contributed by atoms with E-state index in [9.17, 15) is 10.2 Å². The van der Waals surface area contributed by atoms with Gasteiger partial charge in [0.25, 0.3) is 0 Å². The van der Waals surface area contributed by atoms with Crippen molar-refractivity contribution in [3.63, 3.8) is 0 Å². The molecule has 0 saturated heterocycles. The van der Waals surface area contributed by atoms with Crippen LogP contribution in [0.1, 0.15) is 64.6 Å². The molecule has 3 N–H and O–H groups in total. The van der Waals surface area contributed by atoms with E-state index in [1.165, 1.54) is 40.6 Å². The third-order valence-electron chi connectivity index (χ3n) is 9.74. The van der Waals surface area contributed by atoms with Crippen molar-refractivity contribution < 1.29 is 14.9 Å². The second-order valence-electron chi connectivity index (χ2n) is 11.6. The first-order chi connectivity index (χ1) is 14.6. The zero-order valence-corrected chi connectivity index (χ0v) is 19.1. The minimum atomic E-state index is -1.06. The molecule has 166 valence electrons. The van der Waals surface area contributed by atoms with E-state index >= 15 is 0 Å². The summed E-state index contributed by atoms with van der Waals surface area (Å²) in [5.41, 5.74) is 4.68. The van der Waals surface area contributed by atoms with Gasteiger partial charge in [-0.3, -0.25) is 0 Å². The molecule has 1 aromatic carbocycles. The van der Waals surface area contributed by atoms with E-state index in [0.717, 1.165) is 19.3 Å². The van der Waals surface area contributed by atoms with Gasteiger partial charge in [0.15, 0.2) is 0 Å². The maximum Gasteiger partial charge on any atom is 0.116 e. The second-order valence-corrected chi connectivity index (χ2v) is 11.6. The molecule has 0 amide bonds. The van der Waals surface area contributed by atoms with Gasteiger partial charge in [-0.15, -0.1) is 0 Å². The molecule has 1 aromatic heterocycles. The highest BCUT2D eigenvalue weighted by molar-refractivity contribution is 5.86. The van der Waals surface area contributed by atoms with Crippen molar-refractivity contribution in [2.24, 2.45) is 17.3 Å². The fourth-order valence-corrected chi connectivity index (χ4v) is 7.99. The van der Waals surface area contributed by atoms with Crippen LogP contribution in [-0.4, -0.2) is 39.1 Å². The summed E-state index contributed by atoms with van der Waals surface area (Å²) in [6.07, 6.45) is 6.33. The van der Waals surface area contributed by atoms with E-state index in [1.54, 1.807) is 13.8 Å². The van der Waals surface area contributed by atoms with Crippen LogP contribution in [0.5, 0.6) is 0 Å². The number of aromatic nitrogens is 1. The van der Waals surface area contributed by atoms with Crippen LogP contribution in [-0.2, 0) is 16.6 Å². The van der Waals surface area contributed by atoms with Crippen LogP contribution < -0.4 is 0 Å². The summed E-state index contributed by atoms with van der Waals surface area (Å²) in [4.78, 5) is 3.85. The summed E-state index contributed by atoms with van der Waals surface area (Å²) in [7, 11) is 0. The number of ether oxygens (including phenoxy) is 1. The second kappa shape index (κ2) is 6.24. The number of fused-ring (bicyclic) bond motifs is 9. The zero-order chi connectivity index (χ0) is 21.8. The first-order valence-electron chi connectivity index (χ1n) is 12.0. The predicted octanol–water partition coefficient (Wildman–Crippen LogP) is 4.63. The summed E-state index contributed by atoms with van der Waals surface area (Å²) < 4.78 is 6.35. The van der Waals surface area contributed by atoms with Gasteiger partial charge >= 0.3 is 0 Å². The Balaban J connectivity index is 1.45. The van der Waals surface area contributed by atoms with Gasteiger partial charge in [0, 0.05) is 22.0 Å². The van der Waals surface area contributed by atoms with Crippen LogP contribution in [0, 0.1) is 17.3 Å². The van der Waals surface area contributed by atoms with Crippen molar-refractivity contribution in [2.75, 3.05) is 0 Å². The quantitative estimate of drug-likeness (QED) is 0.588. The standard InChI is InChI=1S/C27H35NO3/c1-25(2,30)24-21(29)14-18-19-10-9-15-13-17-16-7-5-6-8-20(16)28-23(17)27(15,4)26(19,3)12-11-22(18)31-24/h5-8,14-15,19,21-22,24,28-30H,9-13H2,1-4H3/t15-,19-,21+,22-,24-,26-,27+/m0/s1. The first-order valence-corrected chi connectivity index (χ1v) is 12.0. The lowest BCUT2D eigenvalue weighted by molar-refractivity contribution is -0.171. The summed E-state index contributed by atoms with van der Waals surface area (Å²) >= 11 is 0. The summed E-state index contributed by atoms with van der Waals surface area (Å²) in [6.45, 7) is 8.46. The smallest absolute Gasteiger partial charge is 0.116 e. The Morgan fingerprint density at radius 2 is 1.90 bits per heavy atom. The summed E-state index contributed by atoms with van der Waals surface area (Å²) in [5, 5.41) is 22.8. The number of aliphatic hydroxyl groups excluding tert-OH is 1. The molecule has 4 aliphatic rings. The number of hydrogen-bond donors (Lipinski definition) is 3. The number of nitrogens with one attached hydrogen (secondary N) is 1. The van der Waals surface area contributed by atoms with E-state index in [1.807, 2.05) is 6.08 Å². The lowest BCUT2D eigenvalue weighted by Gasteiger charge is -2.61. The number of aliphatic hydroxyl groups is 2. The van der Waals surface area contributed by atoms with Gasteiger partial charge in [-0.05, 0) is 80.4 Å². The van der Waals surface area contributed by atoms with Crippen molar-refractivity contribution in [2.45, 2.75) is 89.1 Å². The molecule has 3 aliphatic carbocycles. The fourth-order valence-electron chi connectivity index (χ4n) is 7.99. The average Bonchev–Trinajstić information content (AvgIpc) is 3.22. The average molecular weight is 422 g/mol. The van der Waals surface area contributed by atoms with E-state index in [2.05, 4.69) is 43.1 Å². The Labute approximate surface area is 184 Å². The highest BCUT2D eigenvalue weighted by Gasteiger charge is 2.64. The number of aromatic amines is 1. The summed E-state index contributed by atoms with van der Waals surface area (Å²) in [5.74, 6) is 1.07. The molecule has 7 atom stereocenters. The third-order valence-corrected chi connectivity index (χ3v) is 9.74. The maximum absolute atomic E-state index is 10.9. The number of hydrogen-bond acceptors (Lipinski definition) is 3. The van der Waals surface area contributed by atoms with Crippen LogP contribution in [0.25, 0.3) is 10.9 Å². The lowest BCUT2D eigenvalue weighted by Crippen LogP contribution is -2.59. The lowest BCUT2D eigenvalue weighted by atomic mass is 9.44. The highest BCUT2D eigenvalue weighted by Crippen LogP contribution is 2.67. The van der Waals surface area contributed by atoms with Gasteiger partial charge in [0.1, 0.15) is 12.2 Å². The van der Waals surface area contributed by atoms with Crippen molar-refractivity contribution in [1.82, 2.24) is 4.98 Å². The molecule has 6 rings (SSSR count). The van der Waals surface area contributed by atoms with Gasteiger partial charge in [-0.1, -0.05) is 38.1 Å². The number of benzene rings is 1. The SMILES string of the molecule is CC(C)(O)[C@H]1O[C@H]2CC[C@@]3(C)[C@@H](CC[C@H]4Cc5c([nH]c6ccccc56)[C@@]43C)C2=C[C@H]1O. The van der Waals surface area contributed by atoms with E-state index in [0.29, 0.717) is 11.8 Å². The van der Waals surface area contributed by atoms with Crippen molar-refractivity contribution in [1.29, 1.82) is 0 Å². The number of H-pyrrole nitrogens is 1. The maximum atomic E-state index is 10.9. The molecule has 0 radical (unpaired) electrons. The topological polar surface area (TPSA) is 65.5 Å². The largest absolute Gasteiger partial charge is 0.388 e. The van der Waals surface area contributed by atoms with Crippen LogP contribution in [0.3, 0.4) is 0 Å². The monoisotopic (exact) mass is 421 g/mol. The Hall–Kier alpha value is -1.62. The molecule has 2 saturated carbocycles. The van der Waals surface area contributed by atoms with Gasteiger partial charge in [-0.25, -0.2) is 0 Å². The Kier molecular flexibility index (Phi) is 4.03. The van der Waals surface area contributed by atoms with Gasteiger partial charge in [0.2, 0.25) is 0 Å². The molecule has 2 fully saturated rings. The third kappa shape index (κ3) is 2.47. The molecule has 0 spiro atoms. The minimum Gasteiger partial charge on any atom is -0.388 e. The Bertz CT molecular complexity index is 1080. The molecular formula is C27H35NO3. The molecule has 2 heterocycles. The molecular weight excluding hydrogens is 386 g/mol. The Morgan fingerprint density at radius 3 is 2.68 bits per heavy atom. The molecule has 4 heteroatoms. The van der Waals surface area contributed by atoms with Gasteiger partial charge < -0.3 is 19.9 Å². The van der Waals surface area contributed by atoms with Crippen molar-refractivity contribution >= 4 is 10.9 Å². The van der Waals surface area contributed by atoms with E-state index in [4.69, 9.17) is 4.74 Å². The Morgan fingerprint density at radius 1 is 1.13 bits per heavy atom. The molecule has 31 heavy (non-hydrogen) atoms. The number of rotatable bonds is 1. The van der Waals surface area contributed by atoms with Gasteiger partial charge in [-0.2, -0.15) is 0 Å². The van der Waals surface area contributed by atoms with Crippen LogP contribution in [0.15, 0.2) is 35.9 Å². The normalized spacial score (nSPS) is 41.9. The highest BCUT2D eigenvalue weighted by atomic mass is 16.5. The van der Waals surface area contributed by atoms with Crippen molar-refractivity contribution in [3.8, 4) is 0 Å². The molecule has 0 bridgehead atoms. The van der Waals surface area contributed by atoms with E-state index < -0.39 is 17.8 Å². The van der Waals surface area contributed by atoms with E-state index in [-0.39, 0.29) is 16.9 Å². The van der Waals surface area contributed by atoms with Crippen molar-refractivity contribution in [3.05, 3.63) is 47.2 Å². The minimum absolute atomic E-state index is 0.0154. The van der Waals surface area contributed by atoms with Crippen LogP contribution in [0.2, 0.25) is 0 Å². The first kappa shape index (κ1) is 20.0. The zero-order valence-electron chi connectivity index (χ0n) is 19.1. The summed E-state index contributed by atoms with van der Waals surface area (Å²) in [6, 6.07) is 8.75. The molecule has 1 aliphatic heterocycles. The molecule has 0 unspecified atom stereocenters. The predicted molar refractivity (Wildman–Crippen MR) is 122 cm³/mol. The van der Waals surface area contributed by atoms with Crippen LogP contribution in [0.4, 0.5) is 0 Å². The molecule has 2 aromatic rings.